The van der Waals surface area contributed by atoms with Crippen molar-refractivity contribution in [3.63, 3.8) is 0 Å². The Kier molecular flexibility index (Phi) is 4.98. The van der Waals surface area contributed by atoms with Crippen LogP contribution in [0, 0.1) is 5.41 Å². The van der Waals surface area contributed by atoms with E-state index in [9.17, 15) is 18.4 Å². The second-order valence-corrected chi connectivity index (χ2v) is 8.27. The molecule has 3 fully saturated rings. The van der Waals surface area contributed by atoms with E-state index in [1.54, 1.807) is 24.3 Å². The van der Waals surface area contributed by atoms with E-state index in [1.807, 2.05) is 0 Å². The smallest absolute Gasteiger partial charge is 0.281 e. The Balaban J connectivity index is 1.23. The second kappa shape index (κ2) is 7.33. The topological polar surface area (TPSA) is 81.2 Å². The average Bonchev–Trinajstić information content (AvgIpc) is 2.65. The van der Waals surface area contributed by atoms with Gasteiger partial charge in [-0.1, -0.05) is 11.6 Å². The summed E-state index contributed by atoms with van der Waals surface area (Å²) in [7, 11) is 0. The van der Waals surface area contributed by atoms with Crippen LogP contribution in [0.4, 0.5) is 8.78 Å². The first-order valence-electron chi connectivity index (χ1n) is 9.11. The van der Waals surface area contributed by atoms with Gasteiger partial charge in [0.05, 0.1) is 12.4 Å². The van der Waals surface area contributed by atoms with Gasteiger partial charge in [-0.25, -0.2) is 13.8 Å². The van der Waals surface area contributed by atoms with Crippen molar-refractivity contribution in [3.05, 3.63) is 53.1 Å². The molecule has 0 radical (unpaired) electrons. The zero-order chi connectivity index (χ0) is 20.6. The SMILES string of the molecule is O=C(COc1ccc(Cl)cc1)NC12CC(CC(=O)c3cnc(C(F)F)cn3)(C1)C2. The molecule has 0 saturated heterocycles. The van der Waals surface area contributed by atoms with Gasteiger partial charge in [0.1, 0.15) is 17.1 Å². The molecule has 1 aromatic heterocycles. The number of amides is 1. The maximum Gasteiger partial charge on any atom is 0.281 e. The molecule has 0 unspecified atom stereocenters. The molecule has 1 amide bonds. The van der Waals surface area contributed by atoms with Crippen molar-refractivity contribution in [1.82, 2.24) is 15.3 Å². The number of halogens is 3. The van der Waals surface area contributed by atoms with Crippen molar-refractivity contribution in [3.8, 4) is 5.75 Å². The van der Waals surface area contributed by atoms with Gasteiger partial charge in [-0.15, -0.1) is 0 Å². The lowest BCUT2D eigenvalue weighted by Crippen LogP contribution is -2.75. The van der Waals surface area contributed by atoms with E-state index in [0.717, 1.165) is 12.4 Å². The minimum atomic E-state index is -2.71. The number of aromatic nitrogens is 2. The molecule has 1 N–H and O–H groups in total. The minimum absolute atomic E-state index is 0.0913. The average molecular weight is 422 g/mol. The molecular formula is C20H18ClF2N3O3. The Morgan fingerprint density at radius 2 is 1.83 bits per heavy atom. The van der Waals surface area contributed by atoms with E-state index >= 15 is 0 Å². The molecule has 9 heteroatoms. The van der Waals surface area contributed by atoms with Crippen LogP contribution in [0.25, 0.3) is 0 Å². The summed E-state index contributed by atoms with van der Waals surface area (Å²) in [5.74, 6) is 0.125. The lowest BCUT2D eigenvalue weighted by Gasteiger charge is -2.70. The molecule has 3 aliphatic carbocycles. The molecule has 6 nitrogen and oxygen atoms in total. The fraction of sp³-hybridized carbons (Fsp3) is 0.400. The number of carbonyl (C=O) groups is 2. The Hall–Kier alpha value is -2.61. The quantitative estimate of drug-likeness (QED) is 0.656. The molecule has 0 spiro atoms. The third-order valence-corrected chi connectivity index (χ3v) is 5.70. The second-order valence-electron chi connectivity index (χ2n) is 7.83. The molecule has 0 atom stereocenters. The van der Waals surface area contributed by atoms with Crippen LogP contribution in [0.15, 0.2) is 36.7 Å². The lowest BCUT2D eigenvalue weighted by atomic mass is 9.38. The molecule has 1 heterocycles. The van der Waals surface area contributed by atoms with Gasteiger partial charge in [-0.3, -0.25) is 14.6 Å². The summed E-state index contributed by atoms with van der Waals surface area (Å²) >= 11 is 5.80. The molecule has 3 aliphatic rings. The van der Waals surface area contributed by atoms with E-state index in [1.165, 1.54) is 0 Å². The Labute approximate surface area is 170 Å². The van der Waals surface area contributed by atoms with Crippen molar-refractivity contribution in [2.45, 2.75) is 37.6 Å². The first-order chi connectivity index (χ1) is 13.8. The van der Waals surface area contributed by atoms with E-state index in [0.29, 0.717) is 30.0 Å². The maximum absolute atomic E-state index is 12.5. The van der Waals surface area contributed by atoms with Crippen LogP contribution in [-0.2, 0) is 4.79 Å². The van der Waals surface area contributed by atoms with E-state index in [2.05, 4.69) is 15.3 Å². The third kappa shape index (κ3) is 4.07. The van der Waals surface area contributed by atoms with Crippen molar-refractivity contribution < 1.29 is 23.1 Å². The van der Waals surface area contributed by atoms with Gasteiger partial charge in [-0.2, -0.15) is 0 Å². The molecule has 3 saturated carbocycles. The highest BCUT2D eigenvalue weighted by atomic mass is 35.5. The molecule has 5 rings (SSSR count). The van der Waals surface area contributed by atoms with Gasteiger partial charge in [0.25, 0.3) is 12.3 Å². The predicted octanol–water partition coefficient (Wildman–Crippen LogP) is 3.76. The Bertz CT molecular complexity index is 915. The first-order valence-corrected chi connectivity index (χ1v) is 9.49. The number of carbonyl (C=O) groups excluding carboxylic acids is 2. The third-order valence-electron chi connectivity index (χ3n) is 5.44. The number of nitrogens with zero attached hydrogens (tertiary/aromatic N) is 2. The van der Waals surface area contributed by atoms with Crippen molar-refractivity contribution in [2.75, 3.05) is 6.61 Å². The number of rotatable bonds is 8. The number of hydrogen-bond donors (Lipinski definition) is 1. The molecule has 2 bridgehead atoms. The predicted molar refractivity (Wildman–Crippen MR) is 100 cm³/mol. The van der Waals surface area contributed by atoms with Gasteiger partial charge in [0.15, 0.2) is 12.4 Å². The summed E-state index contributed by atoms with van der Waals surface area (Å²) in [6, 6.07) is 6.74. The van der Waals surface area contributed by atoms with Gasteiger partial charge >= 0.3 is 0 Å². The Morgan fingerprint density at radius 3 is 2.41 bits per heavy atom. The van der Waals surface area contributed by atoms with Gasteiger partial charge in [-0.05, 0) is 48.9 Å². The molecule has 2 aromatic rings. The van der Waals surface area contributed by atoms with Crippen LogP contribution in [0.2, 0.25) is 5.02 Å². The normalized spacial score (nSPS) is 24.4. The van der Waals surface area contributed by atoms with Gasteiger partial charge in [0.2, 0.25) is 0 Å². The van der Waals surface area contributed by atoms with Crippen LogP contribution in [0.5, 0.6) is 5.75 Å². The number of benzene rings is 1. The highest BCUT2D eigenvalue weighted by Crippen LogP contribution is 2.69. The zero-order valence-corrected chi connectivity index (χ0v) is 16.1. The largest absolute Gasteiger partial charge is 0.484 e. The summed E-state index contributed by atoms with van der Waals surface area (Å²) in [6.07, 6.45) is 1.72. The van der Waals surface area contributed by atoms with Crippen LogP contribution >= 0.6 is 11.6 Å². The van der Waals surface area contributed by atoms with Crippen molar-refractivity contribution in [1.29, 1.82) is 0 Å². The summed E-state index contributed by atoms with van der Waals surface area (Å²) < 4.78 is 30.5. The summed E-state index contributed by atoms with van der Waals surface area (Å²) in [5, 5.41) is 3.57. The van der Waals surface area contributed by atoms with Crippen molar-refractivity contribution >= 4 is 23.3 Å². The maximum atomic E-state index is 12.5. The zero-order valence-electron chi connectivity index (χ0n) is 15.3. The standard InChI is InChI=1S/C20H18ClF2N3O3/c21-12-1-3-13(4-2-12)29-8-17(28)26-20-9-19(10-20,11-20)5-16(27)14-6-25-15(7-24-14)18(22)23/h1-4,6-7,18H,5,8-11H2,(H,26,28). The minimum Gasteiger partial charge on any atom is -0.484 e. The monoisotopic (exact) mass is 421 g/mol. The first kappa shape index (κ1) is 19.7. The van der Waals surface area contributed by atoms with Crippen LogP contribution in [0.1, 0.15) is 48.3 Å². The number of hydrogen-bond acceptors (Lipinski definition) is 5. The summed E-state index contributed by atoms with van der Waals surface area (Å²) in [5.41, 5.74) is -0.778. The van der Waals surface area contributed by atoms with Crippen molar-refractivity contribution in [2.24, 2.45) is 5.41 Å². The number of Topliss-reactive ketones (excluding diaryl/α,β-unsaturated/α-hetero) is 1. The molecule has 152 valence electrons. The molecule has 29 heavy (non-hydrogen) atoms. The lowest BCUT2D eigenvalue weighted by molar-refractivity contribution is -0.164. The highest BCUT2D eigenvalue weighted by Gasteiger charge is 2.68. The van der Waals surface area contributed by atoms with E-state index < -0.39 is 12.1 Å². The number of alkyl halides is 2. The van der Waals surface area contributed by atoms with Crippen LogP contribution < -0.4 is 10.1 Å². The van der Waals surface area contributed by atoms with Crippen LogP contribution in [-0.4, -0.2) is 33.8 Å². The molecule has 1 aromatic carbocycles. The van der Waals surface area contributed by atoms with E-state index in [4.69, 9.17) is 16.3 Å². The van der Waals surface area contributed by atoms with Gasteiger partial charge < -0.3 is 10.1 Å². The number of ether oxygens (including phenoxy) is 1. The van der Waals surface area contributed by atoms with Crippen LogP contribution in [0.3, 0.4) is 0 Å². The number of ketones is 1. The van der Waals surface area contributed by atoms with Gasteiger partial charge in [0, 0.05) is 17.0 Å². The Morgan fingerprint density at radius 1 is 1.14 bits per heavy atom. The fourth-order valence-electron chi connectivity index (χ4n) is 4.36. The summed E-state index contributed by atoms with van der Waals surface area (Å²) in [4.78, 5) is 31.9. The molecular weight excluding hydrogens is 404 g/mol. The summed E-state index contributed by atoms with van der Waals surface area (Å²) in [6.45, 7) is -0.0958. The number of nitrogens with one attached hydrogen (secondary N) is 1. The van der Waals surface area contributed by atoms with E-state index in [-0.39, 0.29) is 41.4 Å². The molecule has 0 aliphatic heterocycles. The fourth-order valence-corrected chi connectivity index (χ4v) is 4.48. The highest BCUT2D eigenvalue weighted by molar-refractivity contribution is 6.30.